The van der Waals surface area contributed by atoms with Gasteiger partial charge in [-0.2, -0.15) is 0 Å². The van der Waals surface area contributed by atoms with Crippen molar-refractivity contribution in [3.8, 4) is 0 Å². The lowest BCUT2D eigenvalue weighted by Crippen LogP contribution is -2.31. The quantitative estimate of drug-likeness (QED) is 0.743. The van der Waals surface area contributed by atoms with Gasteiger partial charge in [0.1, 0.15) is 4.90 Å². The largest absolute Gasteiger partial charge is 0.393 e. The van der Waals surface area contributed by atoms with Crippen molar-refractivity contribution in [1.29, 1.82) is 0 Å². The maximum absolute atomic E-state index is 12.1. The van der Waals surface area contributed by atoms with E-state index in [-0.39, 0.29) is 23.0 Å². The van der Waals surface area contributed by atoms with Crippen LogP contribution < -0.4 is 10.6 Å². The van der Waals surface area contributed by atoms with Crippen molar-refractivity contribution >= 4 is 15.8 Å². The number of nitrogens with one attached hydrogen (secondary N) is 2. The van der Waals surface area contributed by atoms with E-state index in [2.05, 4.69) is 20.6 Å². The van der Waals surface area contributed by atoms with Gasteiger partial charge in [-0.3, -0.25) is 0 Å². The Labute approximate surface area is 143 Å². The second kappa shape index (κ2) is 7.33. The van der Waals surface area contributed by atoms with Crippen LogP contribution in [-0.4, -0.2) is 55.0 Å². The molecule has 2 heterocycles. The van der Waals surface area contributed by atoms with E-state index in [0.29, 0.717) is 11.6 Å². The number of sulfone groups is 1. The van der Waals surface area contributed by atoms with Crippen molar-refractivity contribution in [3.63, 3.8) is 0 Å². The van der Waals surface area contributed by atoms with E-state index in [0.717, 1.165) is 51.6 Å². The first-order valence-electron chi connectivity index (χ1n) is 8.66. The smallest absolute Gasteiger partial charge is 0.223 e. The molecule has 0 radical (unpaired) electrons. The number of hydrogen-bond acceptors (Lipinski definition) is 7. The minimum atomic E-state index is -3.35. The number of aromatic nitrogens is 2. The molecule has 134 valence electrons. The van der Waals surface area contributed by atoms with Crippen molar-refractivity contribution < 1.29 is 13.5 Å². The molecule has 2 fully saturated rings. The molecule has 0 aromatic carbocycles. The highest BCUT2D eigenvalue weighted by Gasteiger charge is 2.26. The monoisotopic (exact) mass is 354 g/mol. The molecule has 1 saturated carbocycles. The van der Waals surface area contributed by atoms with Crippen LogP contribution in [0.25, 0.3) is 0 Å². The summed E-state index contributed by atoms with van der Waals surface area (Å²) in [5, 5.41) is 16.2. The van der Waals surface area contributed by atoms with Crippen LogP contribution in [0.3, 0.4) is 0 Å². The van der Waals surface area contributed by atoms with Gasteiger partial charge in [-0.25, -0.2) is 18.4 Å². The average Bonchev–Trinajstić information content (AvgIpc) is 2.57. The molecule has 0 bridgehead atoms. The molecule has 1 aliphatic carbocycles. The Balaban J connectivity index is 1.83. The summed E-state index contributed by atoms with van der Waals surface area (Å²) in [5.41, 5.74) is 0.623. The Hall–Kier alpha value is -1.25. The molecular weight excluding hydrogens is 328 g/mol. The van der Waals surface area contributed by atoms with Crippen LogP contribution in [-0.2, 0) is 9.84 Å². The number of aliphatic hydroxyl groups is 1. The molecule has 3 rings (SSSR count). The summed E-state index contributed by atoms with van der Waals surface area (Å²) in [4.78, 5) is 9.04. The highest BCUT2D eigenvalue weighted by Crippen LogP contribution is 2.28. The normalized spacial score (nSPS) is 28.5. The standard InChI is InChI=1S/C16H26N4O3S/c1-24(22,23)14-10-18-16(19-12-4-6-13(21)7-5-12)20-15(14)11-3-2-8-17-9-11/h10-13,17,21H,2-9H2,1H3,(H,18,19,20). The number of rotatable bonds is 4. The van der Waals surface area contributed by atoms with Crippen LogP contribution in [0.4, 0.5) is 5.95 Å². The molecule has 0 amide bonds. The van der Waals surface area contributed by atoms with E-state index >= 15 is 0 Å². The zero-order valence-corrected chi connectivity index (χ0v) is 14.8. The third-order valence-corrected chi connectivity index (χ3v) is 6.01. The lowest BCUT2D eigenvalue weighted by atomic mass is 9.93. The van der Waals surface area contributed by atoms with Crippen molar-refractivity contribution in [2.45, 2.75) is 61.5 Å². The van der Waals surface area contributed by atoms with Crippen molar-refractivity contribution in [1.82, 2.24) is 15.3 Å². The third-order valence-electron chi connectivity index (χ3n) is 4.90. The number of piperidine rings is 1. The van der Waals surface area contributed by atoms with Gasteiger partial charge in [0.15, 0.2) is 9.84 Å². The fraction of sp³-hybridized carbons (Fsp3) is 0.750. The first-order valence-corrected chi connectivity index (χ1v) is 10.5. The molecule has 1 aromatic rings. The summed E-state index contributed by atoms with van der Waals surface area (Å²) in [5.74, 6) is 0.588. The van der Waals surface area contributed by atoms with Crippen LogP contribution >= 0.6 is 0 Å². The van der Waals surface area contributed by atoms with Crippen LogP contribution in [0.15, 0.2) is 11.1 Å². The van der Waals surface area contributed by atoms with E-state index in [1.165, 1.54) is 12.5 Å². The van der Waals surface area contributed by atoms with Gasteiger partial charge in [-0.05, 0) is 45.1 Å². The lowest BCUT2D eigenvalue weighted by Gasteiger charge is -2.27. The Morgan fingerprint density at radius 1 is 1.25 bits per heavy atom. The average molecular weight is 354 g/mol. The van der Waals surface area contributed by atoms with Crippen molar-refractivity contribution in [2.75, 3.05) is 24.7 Å². The van der Waals surface area contributed by atoms with Gasteiger partial charge in [0.05, 0.1) is 18.0 Å². The molecule has 1 unspecified atom stereocenters. The molecule has 24 heavy (non-hydrogen) atoms. The van der Waals surface area contributed by atoms with Crippen molar-refractivity contribution in [2.24, 2.45) is 0 Å². The number of hydrogen-bond donors (Lipinski definition) is 3. The maximum Gasteiger partial charge on any atom is 0.223 e. The van der Waals surface area contributed by atoms with Gasteiger partial charge in [0.2, 0.25) is 5.95 Å². The SMILES string of the molecule is CS(=O)(=O)c1cnc(NC2CCC(O)CC2)nc1C1CCCNC1. The molecule has 1 saturated heterocycles. The molecule has 1 aromatic heterocycles. The fourth-order valence-corrected chi connectivity index (χ4v) is 4.36. The molecule has 1 atom stereocenters. The summed E-state index contributed by atoms with van der Waals surface area (Å²) in [6.45, 7) is 1.71. The minimum absolute atomic E-state index is 0.0974. The van der Waals surface area contributed by atoms with E-state index in [9.17, 15) is 13.5 Å². The van der Waals surface area contributed by atoms with Gasteiger partial charge in [0, 0.05) is 24.8 Å². The molecule has 7 nitrogen and oxygen atoms in total. The lowest BCUT2D eigenvalue weighted by molar-refractivity contribution is 0.126. The summed E-state index contributed by atoms with van der Waals surface area (Å²) < 4.78 is 24.2. The number of anilines is 1. The fourth-order valence-electron chi connectivity index (χ4n) is 3.52. The first kappa shape index (κ1) is 17.6. The number of aliphatic hydroxyl groups excluding tert-OH is 1. The topological polar surface area (TPSA) is 104 Å². The zero-order chi connectivity index (χ0) is 17.2. The van der Waals surface area contributed by atoms with Gasteiger partial charge >= 0.3 is 0 Å². The van der Waals surface area contributed by atoms with Gasteiger partial charge in [-0.1, -0.05) is 0 Å². The van der Waals surface area contributed by atoms with Gasteiger partial charge < -0.3 is 15.7 Å². The molecule has 8 heteroatoms. The Morgan fingerprint density at radius 3 is 2.62 bits per heavy atom. The first-order chi connectivity index (χ1) is 11.4. The van der Waals surface area contributed by atoms with Crippen molar-refractivity contribution in [3.05, 3.63) is 11.9 Å². The molecule has 1 aliphatic heterocycles. The van der Waals surface area contributed by atoms with E-state index in [1.54, 1.807) is 0 Å². The summed E-state index contributed by atoms with van der Waals surface area (Å²) in [6.07, 6.45) is 7.69. The highest BCUT2D eigenvalue weighted by atomic mass is 32.2. The van der Waals surface area contributed by atoms with E-state index in [4.69, 9.17) is 0 Å². The third kappa shape index (κ3) is 4.23. The van der Waals surface area contributed by atoms with Gasteiger partial charge in [-0.15, -0.1) is 0 Å². The second-order valence-electron chi connectivity index (χ2n) is 6.91. The maximum atomic E-state index is 12.1. The van der Waals surface area contributed by atoms with E-state index in [1.807, 2.05) is 0 Å². The Kier molecular flexibility index (Phi) is 5.36. The van der Waals surface area contributed by atoms with Crippen LogP contribution in [0.5, 0.6) is 0 Å². The van der Waals surface area contributed by atoms with E-state index < -0.39 is 9.84 Å². The molecule has 0 spiro atoms. The summed E-state index contributed by atoms with van der Waals surface area (Å²) >= 11 is 0. The summed E-state index contributed by atoms with van der Waals surface area (Å²) in [6, 6.07) is 0.231. The predicted molar refractivity (Wildman–Crippen MR) is 91.9 cm³/mol. The highest BCUT2D eigenvalue weighted by molar-refractivity contribution is 7.90. The Bertz CT molecular complexity index is 666. The molecular formula is C16H26N4O3S. The predicted octanol–water partition coefficient (Wildman–Crippen LogP) is 1.06. The summed E-state index contributed by atoms with van der Waals surface area (Å²) in [7, 11) is -3.35. The van der Waals surface area contributed by atoms with Gasteiger partial charge in [0.25, 0.3) is 0 Å². The molecule has 3 N–H and O–H groups in total. The molecule has 2 aliphatic rings. The number of nitrogens with zero attached hydrogens (tertiary/aromatic N) is 2. The second-order valence-corrected chi connectivity index (χ2v) is 8.89. The van der Waals surface area contributed by atoms with Crippen LogP contribution in [0.2, 0.25) is 0 Å². The van der Waals surface area contributed by atoms with Crippen LogP contribution in [0, 0.1) is 0 Å². The van der Waals surface area contributed by atoms with Crippen LogP contribution in [0.1, 0.15) is 50.1 Å². The minimum Gasteiger partial charge on any atom is -0.393 e. The Morgan fingerprint density at radius 2 is 2.00 bits per heavy atom. The zero-order valence-electron chi connectivity index (χ0n) is 14.0.